The lowest BCUT2D eigenvalue weighted by atomic mass is 10.1. The van der Waals surface area contributed by atoms with Gasteiger partial charge in [0.25, 0.3) is 0 Å². The standard InChI is InChI=1S/C15H23BrN2O/c1-18(10-8-17-14-4-5-14)9-7-12-11-13(16)3-6-15(12)19-2/h3,6,11,14,17H,4-5,7-10H2,1-2H3. The summed E-state index contributed by atoms with van der Waals surface area (Å²) in [5.41, 5.74) is 1.26. The van der Waals surface area contributed by atoms with Crippen molar-refractivity contribution in [2.45, 2.75) is 25.3 Å². The van der Waals surface area contributed by atoms with Crippen molar-refractivity contribution >= 4 is 15.9 Å². The Labute approximate surface area is 124 Å². The lowest BCUT2D eigenvalue weighted by Gasteiger charge is -2.18. The van der Waals surface area contributed by atoms with Gasteiger partial charge in [-0.25, -0.2) is 0 Å². The van der Waals surface area contributed by atoms with E-state index in [1.807, 2.05) is 12.1 Å². The number of rotatable bonds is 8. The van der Waals surface area contributed by atoms with E-state index in [4.69, 9.17) is 4.74 Å². The van der Waals surface area contributed by atoms with Gasteiger partial charge >= 0.3 is 0 Å². The van der Waals surface area contributed by atoms with Gasteiger partial charge in [0, 0.05) is 30.1 Å². The first-order chi connectivity index (χ1) is 9.19. The summed E-state index contributed by atoms with van der Waals surface area (Å²) in [6.07, 6.45) is 3.74. The molecule has 1 aromatic carbocycles. The van der Waals surface area contributed by atoms with Crippen molar-refractivity contribution < 1.29 is 4.74 Å². The van der Waals surface area contributed by atoms with Crippen LogP contribution in [0.25, 0.3) is 0 Å². The zero-order valence-corrected chi connectivity index (χ0v) is 13.4. The van der Waals surface area contributed by atoms with Crippen LogP contribution in [0.5, 0.6) is 5.75 Å². The second-order valence-electron chi connectivity index (χ2n) is 5.24. The summed E-state index contributed by atoms with van der Waals surface area (Å²) in [4.78, 5) is 2.37. The molecule has 0 bridgehead atoms. The lowest BCUT2D eigenvalue weighted by Crippen LogP contribution is -2.31. The second-order valence-corrected chi connectivity index (χ2v) is 6.15. The third-order valence-corrected chi connectivity index (χ3v) is 4.00. The number of ether oxygens (including phenoxy) is 1. The molecule has 106 valence electrons. The highest BCUT2D eigenvalue weighted by atomic mass is 79.9. The third kappa shape index (κ3) is 5.13. The first-order valence-corrected chi connectivity index (χ1v) is 7.72. The smallest absolute Gasteiger partial charge is 0.122 e. The van der Waals surface area contributed by atoms with Crippen LogP contribution in [0.4, 0.5) is 0 Å². The van der Waals surface area contributed by atoms with Crippen LogP contribution in [-0.4, -0.2) is 44.7 Å². The number of likely N-dealkylation sites (N-methyl/N-ethyl adjacent to an activating group) is 1. The molecule has 1 aliphatic rings. The minimum atomic E-state index is 0.804. The van der Waals surface area contributed by atoms with Crippen molar-refractivity contribution in [1.29, 1.82) is 0 Å². The molecule has 0 aliphatic heterocycles. The minimum Gasteiger partial charge on any atom is -0.496 e. The molecule has 0 heterocycles. The van der Waals surface area contributed by atoms with Gasteiger partial charge in [0.15, 0.2) is 0 Å². The van der Waals surface area contributed by atoms with E-state index in [2.05, 4.69) is 39.3 Å². The number of methoxy groups -OCH3 is 1. The van der Waals surface area contributed by atoms with E-state index < -0.39 is 0 Å². The third-order valence-electron chi connectivity index (χ3n) is 3.51. The monoisotopic (exact) mass is 326 g/mol. The SMILES string of the molecule is COc1ccc(Br)cc1CCN(C)CCNC1CC1. The quantitative estimate of drug-likeness (QED) is 0.794. The predicted molar refractivity (Wildman–Crippen MR) is 82.9 cm³/mol. The van der Waals surface area contributed by atoms with Crippen LogP contribution in [0.2, 0.25) is 0 Å². The van der Waals surface area contributed by atoms with Gasteiger partial charge in [0.1, 0.15) is 5.75 Å². The number of nitrogens with one attached hydrogen (secondary N) is 1. The average Bonchev–Trinajstić information content (AvgIpc) is 3.20. The zero-order valence-electron chi connectivity index (χ0n) is 11.8. The van der Waals surface area contributed by atoms with Crippen LogP contribution in [0.1, 0.15) is 18.4 Å². The van der Waals surface area contributed by atoms with Crippen LogP contribution >= 0.6 is 15.9 Å². The van der Waals surface area contributed by atoms with Crippen molar-refractivity contribution in [2.24, 2.45) is 0 Å². The molecule has 1 N–H and O–H groups in total. The Balaban J connectivity index is 1.75. The van der Waals surface area contributed by atoms with E-state index in [1.165, 1.54) is 18.4 Å². The Morgan fingerprint density at radius 1 is 1.37 bits per heavy atom. The Morgan fingerprint density at radius 3 is 2.84 bits per heavy atom. The normalized spacial score (nSPS) is 14.9. The highest BCUT2D eigenvalue weighted by molar-refractivity contribution is 9.10. The second kappa shape index (κ2) is 7.27. The molecule has 1 aromatic rings. The first kappa shape index (κ1) is 14.8. The topological polar surface area (TPSA) is 24.5 Å². The summed E-state index contributed by atoms with van der Waals surface area (Å²) < 4.78 is 6.51. The summed E-state index contributed by atoms with van der Waals surface area (Å²) in [7, 11) is 3.91. The molecule has 0 aromatic heterocycles. The van der Waals surface area contributed by atoms with E-state index in [1.54, 1.807) is 7.11 Å². The summed E-state index contributed by atoms with van der Waals surface area (Å²) in [5, 5.41) is 3.54. The highest BCUT2D eigenvalue weighted by Gasteiger charge is 2.19. The molecule has 0 atom stereocenters. The zero-order chi connectivity index (χ0) is 13.7. The number of hydrogen-bond acceptors (Lipinski definition) is 3. The fourth-order valence-corrected chi connectivity index (χ4v) is 2.52. The molecule has 0 amide bonds. The molecule has 19 heavy (non-hydrogen) atoms. The lowest BCUT2D eigenvalue weighted by molar-refractivity contribution is 0.332. The molecule has 2 rings (SSSR count). The van der Waals surface area contributed by atoms with E-state index in [9.17, 15) is 0 Å². The summed E-state index contributed by atoms with van der Waals surface area (Å²) in [6.45, 7) is 3.25. The molecule has 0 radical (unpaired) electrons. The average molecular weight is 327 g/mol. The minimum absolute atomic E-state index is 0.804. The van der Waals surface area contributed by atoms with Crippen molar-refractivity contribution in [1.82, 2.24) is 10.2 Å². The molecule has 4 heteroatoms. The van der Waals surface area contributed by atoms with Gasteiger partial charge in [-0.1, -0.05) is 15.9 Å². The Hall–Kier alpha value is -0.580. The van der Waals surface area contributed by atoms with Crippen molar-refractivity contribution in [3.8, 4) is 5.75 Å². The molecular weight excluding hydrogens is 304 g/mol. The number of hydrogen-bond donors (Lipinski definition) is 1. The maximum Gasteiger partial charge on any atom is 0.122 e. The molecule has 1 aliphatic carbocycles. The Morgan fingerprint density at radius 2 is 2.16 bits per heavy atom. The van der Waals surface area contributed by atoms with Crippen molar-refractivity contribution in [2.75, 3.05) is 33.8 Å². The van der Waals surface area contributed by atoms with Crippen LogP contribution in [0, 0.1) is 0 Å². The maximum atomic E-state index is 5.40. The van der Waals surface area contributed by atoms with Gasteiger partial charge in [-0.2, -0.15) is 0 Å². The van der Waals surface area contributed by atoms with Crippen LogP contribution in [-0.2, 0) is 6.42 Å². The highest BCUT2D eigenvalue weighted by Crippen LogP contribution is 2.23. The van der Waals surface area contributed by atoms with Gasteiger partial charge < -0.3 is 15.0 Å². The molecule has 0 spiro atoms. The number of nitrogens with zero attached hydrogens (tertiary/aromatic N) is 1. The molecule has 1 saturated carbocycles. The van der Waals surface area contributed by atoms with Gasteiger partial charge in [-0.05, 0) is 50.1 Å². The number of halogens is 1. The fraction of sp³-hybridized carbons (Fsp3) is 0.600. The van der Waals surface area contributed by atoms with E-state index in [0.717, 1.165) is 42.3 Å². The fourth-order valence-electron chi connectivity index (χ4n) is 2.11. The molecule has 1 fully saturated rings. The molecular formula is C15H23BrN2O. The van der Waals surface area contributed by atoms with Crippen molar-refractivity contribution in [3.63, 3.8) is 0 Å². The number of benzene rings is 1. The molecule has 0 saturated heterocycles. The van der Waals surface area contributed by atoms with Crippen LogP contribution in [0.15, 0.2) is 22.7 Å². The van der Waals surface area contributed by atoms with Gasteiger partial charge in [-0.3, -0.25) is 0 Å². The van der Waals surface area contributed by atoms with Crippen LogP contribution in [0.3, 0.4) is 0 Å². The van der Waals surface area contributed by atoms with E-state index in [0.29, 0.717) is 0 Å². The van der Waals surface area contributed by atoms with Crippen molar-refractivity contribution in [3.05, 3.63) is 28.2 Å². The van der Waals surface area contributed by atoms with E-state index >= 15 is 0 Å². The predicted octanol–water partition coefficient (Wildman–Crippen LogP) is 2.68. The van der Waals surface area contributed by atoms with Gasteiger partial charge in [-0.15, -0.1) is 0 Å². The van der Waals surface area contributed by atoms with Gasteiger partial charge in [0.2, 0.25) is 0 Å². The Bertz CT molecular complexity index is 407. The summed E-state index contributed by atoms with van der Waals surface area (Å²) in [5.74, 6) is 0.979. The van der Waals surface area contributed by atoms with Gasteiger partial charge in [0.05, 0.1) is 7.11 Å². The largest absolute Gasteiger partial charge is 0.496 e. The summed E-state index contributed by atoms with van der Waals surface area (Å²) in [6, 6.07) is 6.99. The maximum absolute atomic E-state index is 5.40. The van der Waals surface area contributed by atoms with E-state index in [-0.39, 0.29) is 0 Å². The summed E-state index contributed by atoms with van der Waals surface area (Å²) >= 11 is 3.52. The molecule has 0 unspecified atom stereocenters. The van der Waals surface area contributed by atoms with Crippen LogP contribution < -0.4 is 10.1 Å². The Kier molecular flexibility index (Phi) is 5.67. The molecule has 3 nitrogen and oxygen atoms in total. The first-order valence-electron chi connectivity index (χ1n) is 6.93.